The van der Waals surface area contributed by atoms with Crippen molar-refractivity contribution < 1.29 is 23.4 Å². The van der Waals surface area contributed by atoms with Crippen LogP contribution < -0.4 is 19.9 Å². The minimum absolute atomic E-state index is 0.0751. The molecule has 0 spiro atoms. The quantitative estimate of drug-likeness (QED) is 0.393. The topological polar surface area (TPSA) is 88.4 Å². The van der Waals surface area contributed by atoms with Crippen molar-refractivity contribution in [2.45, 2.75) is 26.1 Å². The van der Waals surface area contributed by atoms with Gasteiger partial charge in [-0.15, -0.1) is 0 Å². The molecule has 1 aliphatic heterocycles. The Kier molecular flexibility index (Phi) is 8.10. The van der Waals surface area contributed by atoms with Crippen LogP contribution in [0, 0.1) is 11.3 Å². The second kappa shape index (κ2) is 11.4. The average Bonchev–Trinajstić information content (AvgIpc) is 3.38. The van der Waals surface area contributed by atoms with E-state index in [2.05, 4.69) is 18.0 Å². The summed E-state index contributed by atoms with van der Waals surface area (Å²) < 4.78 is 29.0. The molecule has 1 aromatic heterocycles. The van der Waals surface area contributed by atoms with E-state index in [4.69, 9.17) is 29.1 Å². The summed E-state index contributed by atoms with van der Waals surface area (Å²) in [6.07, 6.45) is 8.33. The lowest BCUT2D eigenvalue weighted by Gasteiger charge is -2.35. The summed E-state index contributed by atoms with van der Waals surface area (Å²) in [4.78, 5) is 4.48. The molecule has 4 rings (SSSR count). The highest BCUT2D eigenvalue weighted by molar-refractivity contribution is 5.83. The number of furan rings is 1. The predicted molar refractivity (Wildman–Crippen MR) is 138 cm³/mol. The first-order chi connectivity index (χ1) is 17.1. The van der Waals surface area contributed by atoms with Crippen LogP contribution in [0.5, 0.6) is 17.2 Å². The first-order valence-corrected chi connectivity index (χ1v) is 11.9. The van der Waals surface area contributed by atoms with Crippen LogP contribution >= 0.6 is 0 Å². The Bertz CT molecular complexity index is 1150. The molecule has 2 N–H and O–H groups in total. The SMILES string of the molecule is COc1cc(COCC(CC2(CN)C=CC=NC2)C(C)Oc2cccc3occc23)cc(OC)c1. The van der Waals surface area contributed by atoms with Crippen LogP contribution in [-0.2, 0) is 11.3 Å². The van der Waals surface area contributed by atoms with Crippen LogP contribution in [0.2, 0.25) is 0 Å². The second-order valence-corrected chi connectivity index (χ2v) is 9.03. The van der Waals surface area contributed by atoms with Gasteiger partial charge in [0.05, 0.1) is 39.1 Å². The zero-order chi connectivity index (χ0) is 24.7. The third kappa shape index (κ3) is 6.05. The van der Waals surface area contributed by atoms with Crippen LogP contribution in [0.1, 0.15) is 18.9 Å². The highest BCUT2D eigenvalue weighted by Crippen LogP contribution is 2.34. The number of hydrogen-bond acceptors (Lipinski definition) is 7. The summed E-state index contributed by atoms with van der Waals surface area (Å²) in [5.74, 6) is 2.34. The van der Waals surface area contributed by atoms with Gasteiger partial charge in [0.15, 0.2) is 0 Å². The zero-order valence-electron chi connectivity index (χ0n) is 20.6. The number of dihydropyridines is 1. The standard InChI is InChI=1S/C28H34N2O5/c1-20(35-27-7-4-6-26-25(27)8-11-34-26)22(15-28(18-29)9-5-10-30-19-28)17-33-16-21-12-23(31-2)14-24(13-21)32-3/h4-14,20,22H,15-19,29H2,1-3H3. The number of benzene rings is 2. The average molecular weight is 479 g/mol. The molecule has 3 aromatic rings. The number of allylic oxidation sites excluding steroid dienone is 1. The molecule has 0 saturated carbocycles. The van der Waals surface area contributed by atoms with Crippen LogP contribution in [0.25, 0.3) is 11.0 Å². The van der Waals surface area contributed by atoms with Crippen LogP contribution in [0.4, 0.5) is 0 Å². The van der Waals surface area contributed by atoms with Crippen molar-refractivity contribution in [2.75, 3.05) is 33.9 Å². The van der Waals surface area contributed by atoms with Crippen molar-refractivity contribution in [1.82, 2.24) is 0 Å². The van der Waals surface area contributed by atoms with Gasteiger partial charge in [-0.1, -0.05) is 12.1 Å². The Morgan fingerprint density at radius 2 is 1.91 bits per heavy atom. The van der Waals surface area contributed by atoms with E-state index in [1.54, 1.807) is 20.5 Å². The summed E-state index contributed by atoms with van der Waals surface area (Å²) in [6.45, 7) is 4.18. The van der Waals surface area contributed by atoms with Gasteiger partial charge >= 0.3 is 0 Å². The first kappa shape index (κ1) is 24.8. The van der Waals surface area contributed by atoms with Gasteiger partial charge in [-0.05, 0) is 55.3 Å². The molecular weight excluding hydrogens is 444 g/mol. The Hall–Kier alpha value is -3.29. The van der Waals surface area contributed by atoms with Crippen molar-refractivity contribution >= 4 is 17.2 Å². The molecule has 7 nitrogen and oxygen atoms in total. The Morgan fingerprint density at radius 1 is 1.11 bits per heavy atom. The lowest BCUT2D eigenvalue weighted by Crippen LogP contribution is -2.40. The molecule has 7 heteroatoms. The van der Waals surface area contributed by atoms with Crippen molar-refractivity contribution in [2.24, 2.45) is 22.1 Å². The number of nitrogens with two attached hydrogens (primary N) is 1. The van der Waals surface area contributed by atoms with Gasteiger partial charge < -0.3 is 29.1 Å². The van der Waals surface area contributed by atoms with E-state index in [0.717, 1.165) is 40.2 Å². The van der Waals surface area contributed by atoms with Gasteiger partial charge in [0.2, 0.25) is 0 Å². The third-order valence-electron chi connectivity index (χ3n) is 6.57. The van der Waals surface area contributed by atoms with E-state index in [1.165, 1.54) is 0 Å². The summed E-state index contributed by atoms with van der Waals surface area (Å²) in [5, 5.41) is 0.957. The monoisotopic (exact) mass is 478 g/mol. The summed E-state index contributed by atoms with van der Waals surface area (Å²) in [5.41, 5.74) is 7.80. The van der Waals surface area contributed by atoms with Crippen molar-refractivity contribution in [3.05, 3.63) is 66.4 Å². The number of hydrogen-bond donors (Lipinski definition) is 1. The summed E-state index contributed by atoms with van der Waals surface area (Å²) in [6, 6.07) is 13.5. The molecule has 0 aliphatic carbocycles. The maximum Gasteiger partial charge on any atom is 0.137 e. The number of ether oxygens (including phenoxy) is 4. The lowest BCUT2D eigenvalue weighted by atomic mass is 9.76. The highest BCUT2D eigenvalue weighted by atomic mass is 16.5. The third-order valence-corrected chi connectivity index (χ3v) is 6.57. The minimum atomic E-state index is -0.221. The van der Waals surface area contributed by atoms with E-state index in [-0.39, 0.29) is 17.4 Å². The van der Waals surface area contributed by atoms with Crippen molar-refractivity contribution in [3.8, 4) is 17.2 Å². The van der Waals surface area contributed by atoms with Gasteiger partial charge in [0.1, 0.15) is 28.9 Å². The fourth-order valence-corrected chi connectivity index (χ4v) is 4.47. The number of rotatable bonds is 12. The van der Waals surface area contributed by atoms with Gasteiger partial charge in [-0.2, -0.15) is 0 Å². The van der Waals surface area contributed by atoms with E-state index >= 15 is 0 Å². The van der Waals surface area contributed by atoms with Gasteiger partial charge in [-0.25, -0.2) is 0 Å². The molecule has 0 fully saturated rings. The molecule has 3 unspecified atom stereocenters. The molecule has 3 atom stereocenters. The molecule has 2 heterocycles. The first-order valence-electron chi connectivity index (χ1n) is 11.9. The largest absolute Gasteiger partial charge is 0.497 e. The molecule has 0 bridgehead atoms. The second-order valence-electron chi connectivity index (χ2n) is 9.03. The molecule has 0 radical (unpaired) electrons. The fraction of sp³-hybridized carbons (Fsp3) is 0.393. The van der Waals surface area contributed by atoms with E-state index < -0.39 is 0 Å². The number of methoxy groups -OCH3 is 2. The molecular formula is C28H34N2O5. The van der Waals surface area contributed by atoms with Gasteiger partial charge in [-0.3, -0.25) is 4.99 Å². The normalized spacial score (nSPS) is 19.0. The fourth-order valence-electron chi connectivity index (χ4n) is 4.47. The molecule has 186 valence electrons. The maximum atomic E-state index is 6.47. The van der Waals surface area contributed by atoms with Crippen molar-refractivity contribution in [3.63, 3.8) is 0 Å². The Morgan fingerprint density at radius 3 is 2.60 bits per heavy atom. The van der Waals surface area contributed by atoms with Crippen LogP contribution in [0.15, 0.2) is 70.3 Å². The summed E-state index contributed by atoms with van der Waals surface area (Å²) in [7, 11) is 3.28. The molecule has 35 heavy (non-hydrogen) atoms. The molecule has 0 amide bonds. The van der Waals surface area contributed by atoms with Gasteiger partial charge in [0, 0.05) is 36.7 Å². The number of fused-ring (bicyclic) bond motifs is 1. The highest BCUT2D eigenvalue weighted by Gasteiger charge is 2.33. The molecule has 1 aliphatic rings. The Balaban J connectivity index is 1.50. The van der Waals surface area contributed by atoms with Crippen molar-refractivity contribution in [1.29, 1.82) is 0 Å². The molecule has 2 aromatic carbocycles. The van der Waals surface area contributed by atoms with Gasteiger partial charge in [0.25, 0.3) is 0 Å². The number of nitrogens with zero attached hydrogens (tertiary/aromatic N) is 1. The van der Waals surface area contributed by atoms with Crippen LogP contribution in [-0.4, -0.2) is 46.2 Å². The minimum Gasteiger partial charge on any atom is -0.497 e. The van der Waals surface area contributed by atoms with E-state index in [9.17, 15) is 0 Å². The van der Waals surface area contributed by atoms with E-state index in [0.29, 0.717) is 26.3 Å². The zero-order valence-corrected chi connectivity index (χ0v) is 20.6. The molecule has 0 saturated heterocycles. The Labute approximate surface area is 206 Å². The predicted octanol–water partition coefficient (Wildman–Crippen LogP) is 5.03. The smallest absolute Gasteiger partial charge is 0.137 e. The maximum absolute atomic E-state index is 6.47. The number of aliphatic imine (C=N–C) groups is 1. The lowest BCUT2D eigenvalue weighted by molar-refractivity contribution is 0.0225. The van der Waals surface area contributed by atoms with Crippen LogP contribution in [0.3, 0.4) is 0 Å². The summed E-state index contributed by atoms with van der Waals surface area (Å²) >= 11 is 0. The van der Waals surface area contributed by atoms with E-state index in [1.807, 2.05) is 54.8 Å².